The number of rotatable bonds is 9. The number of ether oxygens (including phenoxy) is 2. The molecule has 0 saturated heterocycles. The molecule has 2 heterocycles. The molecule has 0 bridgehead atoms. The van der Waals surface area contributed by atoms with Gasteiger partial charge < -0.3 is 9.47 Å². The van der Waals surface area contributed by atoms with E-state index in [4.69, 9.17) is 14.5 Å². The molecule has 0 spiro atoms. The molecule has 4 aromatic carbocycles. The first-order valence-electron chi connectivity index (χ1n) is 14.3. The maximum atomic E-state index is 14.1. The summed E-state index contributed by atoms with van der Waals surface area (Å²) in [6.07, 6.45) is 1.64. The van der Waals surface area contributed by atoms with Crippen LogP contribution in [0.3, 0.4) is 0 Å². The van der Waals surface area contributed by atoms with E-state index in [0.29, 0.717) is 31.7 Å². The molecule has 6 rings (SSSR count). The highest BCUT2D eigenvalue weighted by Crippen LogP contribution is 2.36. The second-order valence-corrected chi connectivity index (χ2v) is 11.2. The van der Waals surface area contributed by atoms with E-state index in [0.717, 1.165) is 29.5 Å². The summed E-state index contributed by atoms with van der Waals surface area (Å²) in [6, 6.07) is 27.2. The summed E-state index contributed by atoms with van der Waals surface area (Å²) in [5.74, 6) is -0.551. The molecule has 47 heavy (non-hydrogen) atoms. The van der Waals surface area contributed by atoms with Crippen molar-refractivity contribution in [3.8, 4) is 11.5 Å². The third kappa shape index (κ3) is 6.19. The van der Waals surface area contributed by atoms with E-state index in [9.17, 15) is 29.8 Å². The van der Waals surface area contributed by atoms with E-state index in [1.54, 1.807) is 37.3 Å². The van der Waals surface area contributed by atoms with Crippen LogP contribution in [0.4, 0.5) is 11.4 Å². The van der Waals surface area contributed by atoms with Crippen molar-refractivity contribution >= 4 is 40.5 Å². The van der Waals surface area contributed by atoms with Gasteiger partial charge in [-0.1, -0.05) is 84.1 Å². The number of nitrogens with zero attached hydrogens (tertiary/aromatic N) is 4. The van der Waals surface area contributed by atoms with E-state index in [1.165, 1.54) is 4.57 Å². The van der Waals surface area contributed by atoms with Gasteiger partial charge in [-0.05, 0) is 42.3 Å². The molecule has 12 nitrogen and oxygen atoms in total. The number of carbonyl (C=O) groups is 1. The van der Waals surface area contributed by atoms with Gasteiger partial charge in [0.25, 0.3) is 11.2 Å². The van der Waals surface area contributed by atoms with Crippen LogP contribution in [0.2, 0.25) is 0 Å². The van der Waals surface area contributed by atoms with Crippen LogP contribution in [0.15, 0.2) is 118 Å². The molecule has 0 aliphatic carbocycles. The van der Waals surface area contributed by atoms with Gasteiger partial charge in [0, 0.05) is 11.6 Å². The number of benzene rings is 4. The van der Waals surface area contributed by atoms with Gasteiger partial charge >= 0.3 is 11.7 Å². The smallest absolute Gasteiger partial charge is 0.338 e. The number of esters is 1. The topological polar surface area (TPSA) is 156 Å². The van der Waals surface area contributed by atoms with Crippen LogP contribution in [-0.2, 0) is 9.53 Å². The van der Waals surface area contributed by atoms with Gasteiger partial charge in [0.1, 0.15) is 5.75 Å². The summed E-state index contributed by atoms with van der Waals surface area (Å²) >= 11 is 1.15. The third-order valence-corrected chi connectivity index (χ3v) is 8.21. The van der Waals surface area contributed by atoms with E-state index in [1.807, 2.05) is 60.7 Å². The monoisotopic (exact) mass is 648 g/mol. The number of thiazole rings is 1. The summed E-state index contributed by atoms with van der Waals surface area (Å²) in [5.41, 5.74) is 1.20. The summed E-state index contributed by atoms with van der Waals surface area (Å²) in [5, 5.41) is 22.7. The number of non-ortho nitro benzene ring substituents is 1. The molecule has 1 aliphatic rings. The Morgan fingerprint density at radius 2 is 1.66 bits per heavy atom. The zero-order valence-corrected chi connectivity index (χ0v) is 25.5. The molecule has 1 aliphatic heterocycles. The van der Waals surface area contributed by atoms with Crippen molar-refractivity contribution in [2.45, 2.75) is 13.0 Å². The summed E-state index contributed by atoms with van der Waals surface area (Å²) in [6.45, 7) is 1.85. The number of aromatic nitrogens is 1. The molecule has 0 amide bonds. The van der Waals surface area contributed by atoms with Gasteiger partial charge in [0.2, 0.25) is 5.75 Å². The van der Waals surface area contributed by atoms with Gasteiger partial charge in [0.05, 0.1) is 44.4 Å². The van der Waals surface area contributed by atoms with Crippen LogP contribution in [0, 0.1) is 20.2 Å². The molecule has 234 valence electrons. The standard InChI is InChI=1S/C34H24N4O8S/c1-2-45-33(40)29-30(22-11-5-3-6-12-22)35-34-36(31(29)23-13-7-4-8-14-23)32(39)28(47-34)19-21-10-9-15-25(18-21)46-27-17-16-24(37(41)42)20-26(27)38(43)44/h3-20,31H,2H2,1H3/b28-19+/t31-/m0/s1. The predicted molar refractivity (Wildman–Crippen MR) is 174 cm³/mol. The average Bonchev–Trinajstić information content (AvgIpc) is 3.38. The minimum absolute atomic E-state index is 0.137. The van der Waals surface area contributed by atoms with E-state index < -0.39 is 33.2 Å². The highest BCUT2D eigenvalue weighted by atomic mass is 32.1. The fraction of sp³-hybridized carbons (Fsp3) is 0.0882. The van der Waals surface area contributed by atoms with Crippen LogP contribution < -0.4 is 19.6 Å². The predicted octanol–water partition coefficient (Wildman–Crippen LogP) is 5.54. The van der Waals surface area contributed by atoms with Crippen molar-refractivity contribution in [1.82, 2.24) is 4.57 Å². The van der Waals surface area contributed by atoms with Gasteiger partial charge in [-0.2, -0.15) is 0 Å². The number of nitro benzene ring substituents is 2. The van der Waals surface area contributed by atoms with E-state index in [2.05, 4.69) is 0 Å². The number of hydrogen-bond acceptors (Lipinski definition) is 10. The van der Waals surface area contributed by atoms with Crippen LogP contribution in [0.1, 0.15) is 29.7 Å². The first kappa shape index (κ1) is 30.8. The maximum absolute atomic E-state index is 14.1. The molecule has 1 atom stereocenters. The van der Waals surface area contributed by atoms with Crippen LogP contribution >= 0.6 is 11.3 Å². The zero-order chi connectivity index (χ0) is 33.1. The minimum Gasteiger partial charge on any atom is -0.463 e. The molecule has 13 heteroatoms. The van der Waals surface area contributed by atoms with Crippen LogP contribution in [0.25, 0.3) is 11.8 Å². The third-order valence-electron chi connectivity index (χ3n) is 7.22. The first-order valence-corrected chi connectivity index (χ1v) is 15.1. The molecule has 0 saturated carbocycles. The maximum Gasteiger partial charge on any atom is 0.338 e. The van der Waals surface area contributed by atoms with Crippen molar-refractivity contribution < 1.29 is 24.1 Å². The second-order valence-electron chi connectivity index (χ2n) is 10.2. The van der Waals surface area contributed by atoms with Crippen molar-refractivity contribution in [3.05, 3.63) is 165 Å². The highest BCUT2D eigenvalue weighted by Gasteiger charge is 2.35. The number of hydrogen-bond donors (Lipinski definition) is 0. The Balaban J connectivity index is 1.48. The molecule has 0 fully saturated rings. The Bertz CT molecular complexity index is 2250. The average molecular weight is 649 g/mol. The minimum atomic E-state index is -0.818. The molecular formula is C34H24N4O8S. The number of fused-ring (bicyclic) bond motifs is 1. The fourth-order valence-corrected chi connectivity index (χ4v) is 6.19. The summed E-state index contributed by atoms with van der Waals surface area (Å²) in [4.78, 5) is 54.1. The van der Waals surface area contributed by atoms with Gasteiger partial charge in [0.15, 0.2) is 4.80 Å². The Kier molecular flexibility index (Phi) is 8.54. The Morgan fingerprint density at radius 3 is 2.34 bits per heavy atom. The summed E-state index contributed by atoms with van der Waals surface area (Å²) < 4.78 is 13.0. The van der Waals surface area contributed by atoms with Crippen molar-refractivity contribution in [2.24, 2.45) is 4.99 Å². The lowest BCUT2D eigenvalue weighted by Gasteiger charge is -2.25. The normalized spacial score (nSPS) is 14.2. The lowest BCUT2D eigenvalue weighted by Crippen LogP contribution is -2.39. The molecular weight excluding hydrogens is 624 g/mol. The lowest BCUT2D eigenvalue weighted by atomic mass is 9.93. The summed E-state index contributed by atoms with van der Waals surface area (Å²) in [7, 11) is 0. The second kappa shape index (κ2) is 13.0. The quantitative estimate of drug-likeness (QED) is 0.115. The first-order chi connectivity index (χ1) is 22.7. The van der Waals surface area contributed by atoms with E-state index >= 15 is 0 Å². The van der Waals surface area contributed by atoms with Crippen molar-refractivity contribution in [3.63, 3.8) is 0 Å². The fourth-order valence-electron chi connectivity index (χ4n) is 5.19. The lowest BCUT2D eigenvalue weighted by molar-refractivity contribution is -0.394. The Hall–Kier alpha value is -6.21. The Morgan fingerprint density at radius 1 is 0.936 bits per heavy atom. The molecule has 0 unspecified atom stereocenters. The SMILES string of the molecule is CCOC(=O)C1=C(c2ccccc2)N=c2s/c(=C/c3cccc(Oc4ccc([N+](=O)[O-])cc4[N+](=O)[O-])c3)c(=O)n2[C@H]1c1ccccc1. The molecule has 5 aromatic rings. The van der Waals surface area contributed by atoms with Gasteiger partial charge in [-0.15, -0.1) is 0 Å². The molecule has 1 aromatic heterocycles. The molecule has 0 N–H and O–H groups in total. The van der Waals surface area contributed by atoms with Crippen molar-refractivity contribution in [2.75, 3.05) is 6.61 Å². The Labute approximate surface area is 270 Å². The molecule has 0 radical (unpaired) electrons. The van der Waals surface area contributed by atoms with Gasteiger partial charge in [-0.25, -0.2) is 9.79 Å². The van der Waals surface area contributed by atoms with Crippen LogP contribution in [0.5, 0.6) is 11.5 Å². The largest absolute Gasteiger partial charge is 0.463 e. The zero-order valence-electron chi connectivity index (χ0n) is 24.6. The number of nitro groups is 2. The number of carbonyl (C=O) groups excluding carboxylic acids is 1. The van der Waals surface area contributed by atoms with Gasteiger partial charge in [-0.3, -0.25) is 29.6 Å². The highest BCUT2D eigenvalue weighted by molar-refractivity contribution is 7.07. The van der Waals surface area contributed by atoms with Crippen LogP contribution in [-0.4, -0.2) is 27.0 Å². The van der Waals surface area contributed by atoms with E-state index in [-0.39, 0.29) is 29.2 Å². The van der Waals surface area contributed by atoms with Crippen molar-refractivity contribution in [1.29, 1.82) is 0 Å².